The topological polar surface area (TPSA) is 150 Å². The highest BCUT2D eigenvalue weighted by Crippen LogP contribution is 2.26. The van der Waals surface area contributed by atoms with Crippen molar-refractivity contribution in [3.05, 3.63) is 98.1 Å². The van der Waals surface area contributed by atoms with Gasteiger partial charge in [0.2, 0.25) is 5.13 Å². The van der Waals surface area contributed by atoms with Gasteiger partial charge in [-0.15, -0.1) is 0 Å². The Morgan fingerprint density at radius 2 is 1.73 bits per heavy atom. The average molecular weight is 463 g/mol. The fourth-order valence-corrected chi connectivity index (χ4v) is 3.65. The number of fused-ring (bicyclic) bond motifs is 1. The van der Waals surface area contributed by atoms with Gasteiger partial charge in [-0.25, -0.2) is 9.78 Å². The molecule has 11 nitrogen and oxygen atoms in total. The molecule has 0 atom stereocenters. The van der Waals surface area contributed by atoms with Crippen LogP contribution in [0.25, 0.3) is 10.2 Å². The zero-order valence-corrected chi connectivity index (χ0v) is 17.4. The van der Waals surface area contributed by atoms with Gasteiger partial charge < -0.3 is 4.74 Å². The van der Waals surface area contributed by atoms with E-state index >= 15 is 0 Å². The summed E-state index contributed by atoms with van der Waals surface area (Å²) in [6.45, 7) is 0. The lowest BCUT2D eigenvalue weighted by molar-refractivity contribution is -0.394. The van der Waals surface area contributed by atoms with E-state index in [1.165, 1.54) is 29.7 Å². The van der Waals surface area contributed by atoms with Crippen molar-refractivity contribution < 1.29 is 19.4 Å². The summed E-state index contributed by atoms with van der Waals surface area (Å²) in [4.78, 5) is 37.2. The van der Waals surface area contributed by atoms with Crippen LogP contribution < -0.4 is 10.2 Å². The molecular formula is C21H13N5O6S. The number of nitro benzene ring substituents is 2. The fourth-order valence-electron chi connectivity index (χ4n) is 2.83. The first-order valence-corrected chi connectivity index (χ1v) is 10.1. The number of hydrogen-bond acceptors (Lipinski definition) is 10. The summed E-state index contributed by atoms with van der Waals surface area (Å²) in [5, 5.41) is 26.8. The number of esters is 1. The molecule has 12 heteroatoms. The van der Waals surface area contributed by atoms with Gasteiger partial charge in [0.25, 0.3) is 11.4 Å². The molecule has 0 saturated carbocycles. The van der Waals surface area contributed by atoms with Crippen molar-refractivity contribution in [3.63, 3.8) is 0 Å². The Hall–Kier alpha value is -4.71. The first-order chi connectivity index (χ1) is 15.9. The number of nitrogens with zero attached hydrogens (tertiary/aromatic N) is 4. The predicted octanol–water partition coefficient (Wildman–Crippen LogP) is 4.78. The Morgan fingerprint density at radius 3 is 2.42 bits per heavy atom. The van der Waals surface area contributed by atoms with E-state index in [0.29, 0.717) is 10.7 Å². The molecule has 0 radical (unpaired) electrons. The highest BCUT2D eigenvalue weighted by molar-refractivity contribution is 7.22. The van der Waals surface area contributed by atoms with Gasteiger partial charge >= 0.3 is 5.97 Å². The van der Waals surface area contributed by atoms with Gasteiger partial charge in [0.15, 0.2) is 0 Å². The minimum absolute atomic E-state index is 0.137. The molecule has 0 aliphatic carbocycles. The molecule has 1 N–H and O–H groups in total. The number of anilines is 1. The van der Waals surface area contributed by atoms with Crippen LogP contribution in [-0.2, 0) is 0 Å². The lowest BCUT2D eigenvalue weighted by atomic mass is 10.1. The maximum atomic E-state index is 12.4. The molecule has 0 saturated heterocycles. The Kier molecular flexibility index (Phi) is 6.00. The average Bonchev–Trinajstić information content (AvgIpc) is 3.21. The zero-order valence-electron chi connectivity index (χ0n) is 16.6. The molecule has 0 bridgehead atoms. The second-order valence-electron chi connectivity index (χ2n) is 6.57. The first-order valence-electron chi connectivity index (χ1n) is 9.30. The van der Waals surface area contributed by atoms with Gasteiger partial charge in [-0.3, -0.25) is 25.7 Å². The van der Waals surface area contributed by atoms with E-state index in [4.69, 9.17) is 4.74 Å². The van der Waals surface area contributed by atoms with E-state index in [1.54, 1.807) is 12.1 Å². The molecular weight excluding hydrogens is 450 g/mol. The largest absolute Gasteiger partial charge is 0.423 e. The summed E-state index contributed by atoms with van der Waals surface area (Å²) < 4.78 is 6.26. The molecule has 164 valence electrons. The highest BCUT2D eigenvalue weighted by atomic mass is 32.1. The summed E-state index contributed by atoms with van der Waals surface area (Å²) in [6, 6.07) is 16.6. The summed E-state index contributed by atoms with van der Waals surface area (Å²) in [6.07, 6.45) is 1.50. The smallest absolute Gasteiger partial charge is 0.344 e. The van der Waals surface area contributed by atoms with Gasteiger partial charge in [-0.05, 0) is 29.8 Å². The first kappa shape index (κ1) is 21.5. The van der Waals surface area contributed by atoms with Crippen LogP contribution in [0.4, 0.5) is 16.5 Å². The number of ether oxygens (including phenoxy) is 1. The van der Waals surface area contributed by atoms with Crippen LogP contribution in [0.15, 0.2) is 71.8 Å². The lowest BCUT2D eigenvalue weighted by Crippen LogP contribution is -2.10. The van der Waals surface area contributed by atoms with Gasteiger partial charge in [0.05, 0.1) is 37.9 Å². The van der Waals surface area contributed by atoms with Crippen molar-refractivity contribution in [2.24, 2.45) is 5.10 Å². The number of hydrazone groups is 1. The summed E-state index contributed by atoms with van der Waals surface area (Å²) in [7, 11) is 0. The van der Waals surface area contributed by atoms with Gasteiger partial charge in [0, 0.05) is 12.1 Å². The van der Waals surface area contributed by atoms with E-state index in [2.05, 4.69) is 15.5 Å². The number of aromatic nitrogens is 1. The maximum Gasteiger partial charge on any atom is 0.344 e. The SMILES string of the molecule is O=C(Oc1cccc(/C=N\Nc2nc3ccccc3s2)c1)c1cc([N+](=O)[O-])cc([N+](=O)[O-])c1. The number of nitrogens with one attached hydrogen (secondary N) is 1. The fraction of sp³-hybridized carbons (Fsp3) is 0. The molecule has 4 aromatic rings. The van der Waals surface area contributed by atoms with Gasteiger partial charge in [-0.2, -0.15) is 5.10 Å². The van der Waals surface area contributed by atoms with E-state index in [1.807, 2.05) is 24.3 Å². The number of thiazole rings is 1. The second-order valence-corrected chi connectivity index (χ2v) is 7.60. The van der Waals surface area contributed by atoms with Crippen LogP contribution in [0.3, 0.4) is 0 Å². The summed E-state index contributed by atoms with van der Waals surface area (Å²) in [5.41, 5.74) is 2.81. The lowest BCUT2D eigenvalue weighted by Gasteiger charge is -2.05. The van der Waals surface area contributed by atoms with Crippen LogP contribution in [0.2, 0.25) is 0 Å². The Labute approximate surface area is 189 Å². The number of nitro groups is 2. The quantitative estimate of drug-likeness (QED) is 0.135. The second kappa shape index (κ2) is 9.20. The van der Waals surface area contributed by atoms with Crippen molar-refractivity contribution in [2.75, 3.05) is 5.43 Å². The molecule has 1 heterocycles. The minimum atomic E-state index is -0.969. The number of hydrogen-bond donors (Lipinski definition) is 1. The molecule has 3 aromatic carbocycles. The Morgan fingerprint density at radius 1 is 1.00 bits per heavy atom. The molecule has 0 unspecified atom stereocenters. The molecule has 0 aliphatic heterocycles. The summed E-state index contributed by atoms with van der Waals surface area (Å²) >= 11 is 1.45. The summed E-state index contributed by atoms with van der Waals surface area (Å²) in [5.74, 6) is -0.832. The molecule has 0 fully saturated rings. The van der Waals surface area contributed by atoms with Crippen molar-refractivity contribution in [1.82, 2.24) is 4.98 Å². The Balaban J connectivity index is 1.47. The van der Waals surface area contributed by atoms with Gasteiger partial charge in [0.1, 0.15) is 5.75 Å². The van der Waals surface area contributed by atoms with Crippen LogP contribution in [0.5, 0.6) is 5.75 Å². The third-order valence-electron chi connectivity index (χ3n) is 4.30. The van der Waals surface area contributed by atoms with Crippen molar-refractivity contribution in [2.45, 2.75) is 0 Å². The van der Waals surface area contributed by atoms with E-state index in [9.17, 15) is 25.0 Å². The standard InChI is InChI=1S/C21H13N5O6S/c27-20(14-9-15(25(28)29)11-16(10-14)26(30)31)32-17-5-3-4-13(8-17)12-22-24-21-23-18-6-1-2-7-19(18)33-21/h1-12H,(H,23,24)/b22-12-. The van der Waals surface area contributed by atoms with Crippen LogP contribution >= 0.6 is 11.3 Å². The van der Waals surface area contributed by atoms with E-state index in [-0.39, 0.29) is 11.3 Å². The molecule has 4 rings (SSSR count). The highest BCUT2D eigenvalue weighted by Gasteiger charge is 2.21. The molecule has 33 heavy (non-hydrogen) atoms. The third kappa shape index (κ3) is 5.14. The van der Waals surface area contributed by atoms with Crippen molar-refractivity contribution in [3.8, 4) is 5.75 Å². The number of carbonyl (C=O) groups excluding carboxylic acids is 1. The monoisotopic (exact) mass is 463 g/mol. The number of rotatable bonds is 7. The molecule has 1 aromatic heterocycles. The van der Waals surface area contributed by atoms with E-state index in [0.717, 1.165) is 28.4 Å². The third-order valence-corrected chi connectivity index (χ3v) is 5.24. The minimum Gasteiger partial charge on any atom is -0.423 e. The normalized spacial score (nSPS) is 10.9. The van der Waals surface area contributed by atoms with Crippen molar-refractivity contribution in [1.29, 1.82) is 0 Å². The zero-order chi connectivity index (χ0) is 23.4. The molecule has 0 amide bonds. The number of para-hydroxylation sites is 1. The number of benzene rings is 3. The van der Waals surface area contributed by atoms with Crippen LogP contribution in [0, 0.1) is 20.2 Å². The predicted molar refractivity (Wildman–Crippen MR) is 122 cm³/mol. The molecule has 0 aliphatic rings. The number of carbonyl (C=O) groups is 1. The van der Waals surface area contributed by atoms with Crippen LogP contribution in [-0.4, -0.2) is 27.0 Å². The van der Waals surface area contributed by atoms with E-state index < -0.39 is 27.2 Å². The maximum absolute atomic E-state index is 12.4. The van der Waals surface area contributed by atoms with Crippen molar-refractivity contribution >= 4 is 50.2 Å². The molecule has 0 spiro atoms. The van der Waals surface area contributed by atoms with Crippen LogP contribution in [0.1, 0.15) is 15.9 Å². The number of non-ortho nitro benzene ring substituents is 2. The van der Waals surface area contributed by atoms with Gasteiger partial charge in [-0.1, -0.05) is 35.6 Å². The Bertz CT molecular complexity index is 1350.